The van der Waals surface area contributed by atoms with E-state index < -0.39 is 0 Å². The van der Waals surface area contributed by atoms with Gasteiger partial charge in [-0.1, -0.05) is 0 Å². The van der Waals surface area contributed by atoms with Gasteiger partial charge in [0.2, 0.25) is 0 Å². The third-order valence-corrected chi connectivity index (χ3v) is 4.03. The molecule has 2 aliphatic rings. The lowest BCUT2D eigenvalue weighted by atomic mass is 10.0. The summed E-state index contributed by atoms with van der Waals surface area (Å²) in [5, 5.41) is 2.87. The molecule has 2 atom stereocenters. The second-order valence-electron chi connectivity index (χ2n) is 5.16. The van der Waals surface area contributed by atoms with Gasteiger partial charge in [0.25, 0.3) is 5.91 Å². The van der Waals surface area contributed by atoms with Crippen LogP contribution in [0.25, 0.3) is 0 Å². The van der Waals surface area contributed by atoms with E-state index in [1.807, 2.05) is 0 Å². The van der Waals surface area contributed by atoms with E-state index in [-0.39, 0.29) is 24.3 Å². The lowest BCUT2D eigenvalue weighted by molar-refractivity contribution is -0.941. The summed E-state index contributed by atoms with van der Waals surface area (Å²) < 4.78 is 4.97. The molecule has 0 radical (unpaired) electrons. The van der Waals surface area contributed by atoms with Crippen molar-refractivity contribution in [2.45, 2.75) is 51.1 Å². The zero-order valence-corrected chi connectivity index (χ0v) is 11.0. The second-order valence-corrected chi connectivity index (χ2v) is 5.16. The van der Waals surface area contributed by atoms with E-state index >= 15 is 0 Å². The van der Waals surface area contributed by atoms with E-state index in [0.29, 0.717) is 12.6 Å². The van der Waals surface area contributed by atoms with E-state index in [1.165, 1.54) is 30.6 Å². The van der Waals surface area contributed by atoms with Crippen LogP contribution in [0.15, 0.2) is 0 Å². The number of piperazine rings is 1. The van der Waals surface area contributed by atoms with Crippen molar-refractivity contribution in [1.29, 1.82) is 0 Å². The fraction of sp³-hybridized carbons (Fsp3) is 0.846. The lowest BCUT2D eigenvalue weighted by Crippen LogP contribution is -3.22. The van der Waals surface area contributed by atoms with E-state index in [1.54, 1.807) is 6.92 Å². The van der Waals surface area contributed by atoms with Gasteiger partial charge in [-0.25, -0.2) is 0 Å². The quantitative estimate of drug-likeness (QED) is 0.651. The minimum atomic E-state index is -0.255. The van der Waals surface area contributed by atoms with Gasteiger partial charge in [0.05, 0.1) is 25.7 Å². The SMILES string of the molecule is CCOC(=O)C[C@H]1C(=O)NCC[NH+]1C1CCCC1. The Balaban J connectivity index is 2.00. The lowest BCUT2D eigenvalue weighted by Gasteiger charge is -2.35. The van der Waals surface area contributed by atoms with Gasteiger partial charge in [0, 0.05) is 0 Å². The normalized spacial score (nSPS) is 29.1. The summed E-state index contributed by atoms with van der Waals surface area (Å²) in [7, 11) is 0. The van der Waals surface area contributed by atoms with E-state index in [9.17, 15) is 9.59 Å². The van der Waals surface area contributed by atoms with E-state index in [2.05, 4.69) is 5.32 Å². The summed E-state index contributed by atoms with van der Waals surface area (Å²) in [4.78, 5) is 24.9. The summed E-state index contributed by atoms with van der Waals surface area (Å²) in [5.41, 5.74) is 0. The number of carbonyl (C=O) groups excluding carboxylic acids is 2. The molecule has 0 aromatic carbocycles. The van der Waals surface area contributed by atoms with Crippen LogP contribution in [0.4, 0.5) is 0 Å². The maximum Gasteiger partial charge on any atom is 0.312 e. The number of nitrogens with one attached hydrogen (secondary N) is 2. The highest BCUT2D eigenvalue weighted by Gasteiger charge is 2.40. The predicted octanol–water partition coefficient (Wildman–Crippen LogP) is -0.734. The number of hydrogen-bond donors (Lipinski definition) is 2. The summed E-state index contributed by atoms with van der Waals surface area (Å²) in [6, 6.07) is 0.302. The Morgan fingerprint density at radius 3 is 2.83 bits per heavy atom. The standard InChI is InChI=1S/C13H22N2O3/c1-2-18-12(16)9-11-13(17)14-7-8-15(11)10-5-3-4-6-10/h10-11H,2-9H2,1H3,(H,14,17)/p+1/t11-/m0/s1. The Hall–Kier alpha value is -1.10. The van der Waals surface area contributed by atoms with Gasteiger partial charge in [0.1, 0.15) is 6.42 Å². The molecule has 1 aliphatic heterocycles. The van der Waals surface area contributed by atoms with Gasteiger partial charge in [-0.3, -0.25) is 9.59 Å². The van der Waals surface area contributed by atoms with Crippen molar-refractivity contribution in [3.63, 3.8) is 0 Å². The molecule has 1 unspecified atom stereocenters. The van der Waals surface area contributed by atoms with Gasteiger partial charge in [-0.2, -0.15) is 0 Å². The second kappa shape index (κ2) is 6.18. The van der Waals surface area contributed by atoms with Gasteiger partial charge in [-0.05, 0) is 32.6 Å². The monoisotopic (exact) mass is 255 g/mol. The molecule has 1 aliphatic carbocycles. The Kier molecular flexibility index (Phi) is 4.58. The van der Waals surface area contributed by atoms with Crippen LogP contribution in [0.2, 0.25) is 0 Å². The number of carbonyl (C=O) groups is 2. The van der Waals surface area contributed by atoms with Crippen LogP contribution in [-0.4, -0.2) is 43.7 Å². The van der Waals surface area contributed by atoms with Gasteiger partial charge >= 0.3 is 5.97 Å². The number of hydrogen-bond acceptors (Lipinski definition) is 3. The van der Waals surface area contributed by atoms with Crippen molar-refractivity contribution in [3.05, 3.63) is 0 Å². The molecule has 2 N–H and O–H groups in total. The number of quaternary nitrogens is 1. The molecule has 1 saturated carbocycles. The molecule has 18 heavy (non-hydrogen) atoms. The molecule has 5 nitrogen and oxygen atoms in total. The minimum Gasteiger partial charge on any atom is -0.466 e. The minimum absolute atomic E-state index is 0.0104. The van der Waals surface area contributed by atoms with E-state index in [0.717, 1.165) is 13.1 Å². The summed E-state index contributed by atoms with van der Waals surface area (Å²) >= 11 is 0. The van der Waals surface area contributed by atoms with Crippen molar-refractivity contribution in [1.82, 2.24) is 5.32 Å². The van der Waals surface area contributed by atoms with Crippen LogP contribution in [0, 0.1) is 0 Å². The first kappa shape index (κ1) is 13.3. The molecule has 2 rings (SSSR count). The summed E-state index contributed by atoms with van der Waals surface area (Å²) in [6.07, 6.45) is 5.08. The highest BCUT2D eigenvalue weighted by molar-refractivity contribution is 5.85. The van der Waals surface area contributed by atoms with Gasteiger partial charge in [0.15, 0.2) is 6.04 Å². The number of amides is 1. The summed E-state index contributed by atoms with van der Waals surface area (Å²) in [6.45, 7) is 3.83. The summed E-state index contributed by atoms with van der Waals surface area (Å²) in [5.74, 6) is -0.244. The van der Waals surface area contributed by atoms with Gasteiger partial charge < -0.3 is 15.0 Å². The third kappa shape index (κ3) is 3.02. The van der Waals surface area contributed by atoms with Crippen LogP contribution in [-0.2, 0) is 14.3 Å². The fourth-order valence-electron chi connectivity index (χ4n) is 3.19. The third-order valence-electron chi connectivity index (χ3n) is 4.03. The average Bonchev–Trinajstić information content (AvgIpc) is 2.85. The molecular weight excluding hydrogens is 232 g/mol. The van der Waals surface area contributed by atoms with Crippen LogP contribution >= 0.6 is 0 Å². The van der Waals surface area contributed by atoms with Crippen LogP contribution in [0.3, 0.4) is 0 Å². The highest BCUT2D eigenvalue weighted by atomic mass is 16.5. The van der Waals surface area contributed by atoms with Crippen molar-refractivity contribution < 1.29 is 19.2 Å². The van der Waals surface area contributed by atoms with Crippen molar-refractivity contribution in [2.24, 2.45) is 0 Å². The average molecular weight is 255 g/mol. The zero-order chi connectivity index (χ0) is 13.0. The number of ether oxygens (including phenoxy) is 1. The van der Waals surface area contributed by atoms with Crippen molar-refractivity contribution >= 4 is 11.9 Å². The van der Waals surface area contributed by atoms with Crippen LogP contribution < -0.4 is 10.2 Å². The Bertz CT molecular complexity index is 313. The highest BCUT2D eigenvalue weighted by Crippen LogP contribution is 2.16. The molecule has 0 aromatic rings. The Labute approximate surface area is 108 Å². The number of rotatable bonds is 4. The first-order chi connectivity index (χ1) is 8.72. The molecular formula is C13H23N2O3+. The first-order valence-electron chi connectivity index (χ1n) is 7.01. The molecule has 0 bridgehead atoms. The largest absolute Gasteiger partial charge is 0.466 e. The topological polar surface area (TPSA) is 59.8 Å². The molecule has 2 fully saturated rings. The van der Waals surface area contributed by atoms with Crippen LogP contribution in [0.1, 0.15) is 39.0 Å². The first-order valence-corrected chi connectivity index (χ1v) is 7.01. The van der Waals surface area contributed by atoms with E-state index in [4.69, 9.17) is 4.74 Å². The molecule has 5 heteroatoms. The molecule has 0 aromatic heterocycles. The van der Waals surface area contributed by atoms with Crippen molar-refractivity contribution in [3.8, 4) is 0 Å². The molecule has 0 spiro atoms. The predicted molar refractivity (Wildman–Crippen MR) is 66.1 cm³/mol. The number of esters is 1. The van der Waals surface area contributed by atoms with Gasteiger partial charge in [-0.15, -0.1) is 0 Å². The van der Waals surface area contributed by atoms with Crippen LogP contribution in [0.5, 0.6) is 0 Å². The smallest absolute Gasteiger partial charge is 0.312 e. The molecule has 1 heterocycles. The fourth-order valence-corrected chi connectivity index (χ4v) is 3.19. The molecule has 102 valence electrons. The maximum atomic E-state index is 12.0. The van der Waals surface area contributed by atoms with Crippen molar-refractivity contribution in [2.75, 3.05) is 19.7 Å². The molecule has 1 saturated heterocycles. The Morgan fingerprint density at radius 2 is 2.17 bits per heavy atom. The Morgan fingerprint density at radius 1 is 1.44 bits per heavy atom. The maximum absolute atomic E-state index is 12.0. The zero-order valence-electron chi connectivity index (χ0n) is 11.0. The molecule has 1 amide bonds.